The standard InChI is InChI=1S/C13H25NO5/c1-6-7-10(16)18-9-13(5,8-15)14-11(17)19-12(2,3)4/h15H,6-9H2,1-5H3,(H,14,17)/t13-/m0/s1. The predicted octanol–water partition coefficient (Wildman–Crippen LogP) is 1.61. The fraction of sp³-hybridized carbons (Fsp3) is 0.846. The fourth-order valence-corrected chi connectivity index (χ4v) is 1.19. The Labute approximate surface area is 114 Å². The van der Waals surface area contributed by atoms with Crippen molar-refractivity contribution in [3.05, 3.63) is 0 Å². The molecule has 0 aliphatic carbocycles. The molecule has 0 aromatic carbocycles. The molecule has 1 atom stereocenters. The van der Waals surface area contributed by atoms with Crippen LogP contribution in [0.1, 0.15) is 47.5 Å². The van der Waals surface area contributed by atoms with Crippen molar-refractivity contribution >= 4 is 12.1 Å². The molecule has 0 saturated heterocycles. The molecule has 0 bridgehead atoms. The van der Waals surface area contributed by atoms with Gasteiger partial charge in [0.1, 0.15) is 12.2 Å². The molecule has 0 spiro atoms. The number of carbonyl (C=O) groups excluding carboxylic acids is 2. The van der Waals surface area contributed by atoms with E-state index in [2.05, 4.69) is 5.32 Å². The van der Waals surface area contributed by atoms with E-state index in [0.29, 0.717) is 12.8 Å². The topological polar surface area (TPSA) is 84.9 Å². The van der Waals surface area contributed by atoms with Gasteiger partial charge in [-0.2, -0.15) is 0 Å². The third kappa shape index (κ3) is 8.42. The lowest BCUT2D eigenvalue weighted by atomic mass is 10.1. The molecule has 0 aliphatic heterocycles. The third-order valence-corrected chi connectivity index (χ3v) is 2.16. The van der Waals surface area contributed by atoms with Crippen LogP contribution in [0.4, 0.5) is 4.79 Å². The molecular weight excluding hydrogens is 250 g/mol. The normalized spacial score (nSPS) is 14.4. The van der Waals surface area contributed by atoms with Crippen LogP contribution in [0.15, 0.2) is 0 Å². The van der Waals surface area contributed by atoms with Crippen molar-refractivity contribution in [3.63, 3.8) is 0 Å². The molecule has 0 unspecified atom stereocenters. The molecule has 0 saturated carbocycles. The van der Waals surface area contributed by atoms with Gasteiger partial charge in [-0.05, 0) is 34.1 Å². The first-order valence-corrected chi connectivity index (χ1v) is 6.39. The summed E-state index contributed by atoms with van der Waals surface area (Å²) in [6.45, 7) is 8.22. The SMILES string of the molecule is CCCC(=O)OC[C@](C)(CO)NC(=O)OC(C)(C)C. The zero-order valence-corrected chi connectivity index (χ0v) is 12.4. The Hall–Kier alpha value is -1.30. The van der Waals surface area contributed by atoms with Gasteiger partial charge >= 0.3 is 12.1 Å². The number of alkyl carbamates (subject to hydrolysis) is 1. The van der Waals surface area contributed by atoms with E-state index in [-0.39, 0.29) is 19.2 Å². The van der Waals surface area contributed by atoms with Gasteiger partial charge in [-0.15, -0.1) is 0 Å². The summed E-state index contributed by atoms with van der Waals surface area (Å²) in [6, 6.07) is 0. The predicted molar refractivity (Wildman–Crippen MR) is 70.7 cm³/mol. The molecule has 0 radical (unpaired) electrons. The highest BCUT2D eigenvalue weighted by atomic mass is 16.6. The van der Waals surface area contributed by atoms with Crippen molar-refractivity contribution < 1.29 is 24.2 Å². The Bertz CT molecular complexity index is 311. The van der Waals surface area contributed by atoms with Gasteiger partial charge in [0.2, 0.25) is 0 Å². The largest absolute Gasteiger partial charge is 0.463 e. The number of hydrogen-bond donors (Lipinski definition) is 2. The number of rotatable bonds is 6. The molecule has 0 aromatic heterocycles. The Morgan fingerprint density at radius 1 is 1.21 bits per heavy atom. The zero-order chi connectivity index (χ0) is 15.1. The van der Waals surface area contributed by atoms with Gasteiger partial charge in [-0.3, -0.25) is 4.79 Å². The number of hydrogen-bond acceptors (Lipinski definition) is 5. The maximum atomic E-state index is 11.6. The minimum absolute atomic E-state index is 0.0957. The quantitative estimate of drug-likeness (QED) is 0.719. The molecule has 0 rings (SSSR count). The Morgan fingerprint density at radius 2 is 1.79 bits per heavy atom. The van der Waals surface area contributed by atoms with E-state index in [1.54, 1.807) is 27.7 Å². The zero-order valence-electron chi connectivity index (χ0n) is 12.4. The van der Waals surface area contributed by atoms with Gasteiger partial charge in [0.25, 0.3) is 0 Å². The van der Waals surface area contributed by atoms with Gasteiger partial charge in [0, 0.05) is 6.42 Å². The van der Waals surface area contributed by atoms with Gasteiger partial charge in [0.15, 0.2) is 0 Å². The van der Waals surface area contributed by atoms with Gasteiger partial charge < -0.3 is 19.9 Å². The number of nitrogens with one attached hydrogen (secondary N) is 1. The second-order valence-electron chi connectivity index (χ2n) is 5.76. The molecule has 1 amide bonds. The van der Waals surface area contributed by atoms with Crippen LogP contribution < -0.4 is 5.32 Å². The van der Waals surface area contributed by atoms with Crippen LogP contribution in [-0.2, 0) is 14.3 Å². The molecule has 6 heteroatoms. The van der Waals surface area contributed by atoms with Crippen molar-refractivity contribution in [2.75, 3.05) is 13.2 Å². The number of aliphatic hydroxyl groups is 1. The minimum Gasteiger partial charge on any atom is -0.463 e. The van der Waals surface area contributed by atoms with Crippen LogP contribution in [-0.4, -0.2) is 41.5 Å². The number of esters is 1. The van der Waals surface area contributed by atoms with Crippen LogP contribution in [0.5, 0.6) is 0 Å². The summed E-state index contributed by atoms with van der Waals surface area (Å²) >= 11 is 0. The summed E-state index contributed by atoms with van der Waals surface area (Å²) in [7, 11) is 0. The molecule has 112 valence electrons. The molecule has 6 nitrogen and oxygen atoms in total. The third-order valence-electron chi connectivity index (χ3n) is 2.16. The van der Waals surface area contributed by atoms with E-state index in [1.165, 1.54) is 0 Å². The second kappa shape index (κ2) is 7.33. The van der Waals surface area contributed by atoms with Gasteiger partial charge in [0.05, 0.1) is 12.1 Å². The Morgan fingerprint density at radius 3 is 2.21 bits per heavy atom. The van der Waals surface area contributed by atoms with E-state index in [4.69, 9.17) is 9.47 Å². The monoisotopic (exact) mass is 275 g/mol. The van der Waals surface area contributed by atoms with Crippen molar-refractivity contribution in [1.82, 2.24) is 5.32 Å². The highest BCUT2D eigenvalue weighted by molar-refractivity contribution is 5.70. The van der Waals surface area contributed by atoms with E-state index >= 15 is 0 Å². The summed E-state index contributed by atoms with van der Waals surface area (Å²) in [5.74, 6) is -0.354. The summed E-state index contributed by atoms with van der Waals surface area (Å²) < 4.78 is 10.1. The highest BCUT2D eigenvalue weighted by Crippen LogP contribution is 2.10. The number of carbonyl (C=O) groups is 2. The van der Waals surface area contributed by atoms with E-state index in [1.807, 2.05) is 6.92 Å². The first-order valence-electron chi connectivity index (χ1n) is 6.39. The van der Waals surface area contributed by atoms with E-state index < -0.39 is 17.2 Å². The van der Waals surface area contributed by atoms with Crippen molar-refractivity contribution in [1.29, 1.82) is 0 Å². The first-order chi connectivity index (χ1) is 8.62. The highest BCUT2D eigenvalue weighted by Gasteiger charge is 2.30. The van der Waals surface area contributed by atoms with Crippen LogP contribution in [0, 0.1) is 0 Å². The second-order valence-corrected chi connectivity index (χ2v) is 5.76. The first kappa shape index (κ1) is 17.7. The lowest BCUT2D eigenvalue weighted by molar-refractivity contribution is -0.146. The number of amides is 1. The Kier molecular flexibility index (Phi) is 6.83. The molecule has 2 N–H and O–H groups in total. The van der Waals surface area contributed by atoms with Gasteiger partial charge in [-0.25, -0.2) is 4.79 Å². The van der Waals surface area contributed by atoms with E-state index in [9.17, 15) is 14.7 Å². The van der Waals surface area contributed by atoms with Crippen molar-refractivity contribution in [2.24, 2.45) is 0 Å². The average Bonchev–Trinajstić information content (AvgIpc) is 2.24. The maximum absolute atomic E-state index is 11.6. The van der Waals surface area contributed by atoms with Crippen molar-refractivity contribution in [2.45, 2.75) is 58.6 Å². The van der Waals surface area contributed by atoms with Crippen molar-refractivity contribution in [3.8, 4) is 0 Å². The minimum atomic E-state index is -1.05. The summed E-state index contributed by atoms with van der Waals surface area (Å²) in [6.07, 6.45) is 0.345. The molecule has 0 fully saturated rings. The van der Waals surface area contributed by atoms with Crippen LogP contribution in [0.2, 0.25) is 0 Å². The van der Waals surface area contributed by atoms with E-state index in [0.717, 1.165) is 0 Å². The van der Waals surface area contributed by atoms with Gasteiger partial charge in [-0.1, -0.05) is 6.92 Å². The van der Waals surface area contributed by atoms with Crippen LogP contribution in [0.3, 0.4) is 0 Å². The molecule has 0 aromatic rings. The lowest BCUT2D eigenvalue weighted by Gasteiger charge is -2.29. The van der Waals surface area contributed by atoms with Crippen LogP contribution >= 0.6 is 0 Å². The molecule has 0 heterocycles. The summed E-state index contributed by atoms with van der Waals surface area (Å²) in [5.41, 5.74) is -1.68. The lowest BCUT2D eigenvalue weighted by Crippen LogP contribution is -2.53. The fourth-order valence-electron chi connectivity index (χ4n) is 1.19. The average molecular weight is 275 g/mol. The number of aliphatic hydroxyl groups excluding tert-OH is 1. The molecular formula is C13H25NO5. The molecule has 19 heavy (non-hydrogen) atoms. The summed E-state index contributed by atoms with van der Waals surface area (Å²) in [4.78, 5) is 22.9. The van der Waals surface area contributed by atoms with Crippen LogP contribution in [0.25, 0.3) is 0 Å². The molecule has 0 aliphatic rings. The smallest absolute Gasteiger partial charge is 0.408 e. The Balaban J connectivity index is 4.36. The maximum Gasteiger partial charge on any atom is 0.408 e. The summed E-state index contributed by atoms with van der Waals surface area (Å²) in [5, 5.41) is 11.8. The number of ether oxygens (including phenoxy) is 2.